The Morgan fingerprint density at radius 1 is 1.02 bits per heavy atom. The number of alkyl halides is 1. The molecule has 3 saturated heterocycles. The third kappa shape index (κ3) is 5.87. The van der Waals surface area contributed by atoms with Crippen LogP contribution < -0.4 is 10.2 Å². The monoisotopic (exact) mass is 711 g/mol. The first kappa shape index (κ1) is 32.2. The van der Waals surface area contributed by atoms with Crippen LogP contribution in [0, 0.1) is 11.2 Å². The van der Waals surface area contributed by atoms with E-state index in [9.17, 15) is 9.59 Å². The van der Waals surface area contributed by atoms with Crippen molar-refractivity contribution in [3.05, 3.63) is 77.7 Å². The average Bonchev–Trinajstić information content (AvgIpc) is 3.89. The molecule has 11 nitrogen and oxygen atoms in total. The number of nitrogens with one attached hydrogen (secondary N) is 1. The van der Waals surface area contributed by atoms with Gasteiger partial charge < -0.3 is 19.3 Å². The fourth-order valence-electron chi connectivity index (χ4n) is 8.29. The second kappa shape index (κ2) is 12.2. The van der Waals surface area contributed by atoms with Crippen LogP contribution in [0.3, 0.4) is 0 Å². The van der Waals surface area contributed by atoms with Gasteiger partial charge in [-0.25, -0.2) is 18.7 Å². The molecule has 5 aromatic rings. The summed E-state index contributed by atoms with van der Waals surface area (Å²) >= 11 is 1.32. The van der Waals surface area contributed by atoms with Crippen LogP contribution in [0.5, 0.6) is 0 Å². The van der Waals surface area contributed by atoms with Crippen molar-refractivity contribution in [3.63, 3.8) is 0 Å². The number of amides is 2. The van der Waals surface area contributed by atoms with Crippen molar-refractivity contribution in [2.24, 2.45) is 5.41 Å². The molecule has 1 N–H and O–H groups in total. The number of fused-ring (bicyclic) bond motifs is 2. The van der Waals surface area contributed by atoms with Crippen molar-refractivity contribution in [2.75, 3.05) is 56.5 Å². The molecule has 4 aliphatic heterocycles. The number of benzene rings is 2. The lowest BCUT2D eigenvalue weighted by Crippen LogP contribution is -2.73. The number of rotatable bonds is 8. The van der Waals surface area contributed by atoms with Crippen LogP contribution in [0.15, 0.2) is 60.5 Å². The van der Waals surface area contributed by atoms with E-state index in [1.54, 1.807) is 24.1 Å². The summed E-state index contributed by atoms with van der Waals surface area (Å²) in [6, 6.07) is 10.5. The molecule has 264 valence electrons. The van der Waals surface area contributed by atoms with Gasteiger partial charge in [-0.05, 0) is 68.1 Å². The van der Waals surface area contributed by atoms with E-state index in [1.807, 2.05) is 42.3 Å². The van der Waals surface area contributed by atoms with Crippen LogP contribution >= 0.6 is 11.3 Å². The van der Waals surface area contributed by atoms with E-state index < -0.39 is 17.5 Å². The Morgan fingerprint density at radius 2 is 1.80 bits per heavy atom. The zero-order valence-corrected chi connectivity index (χ0v) is 29.2. The molecular formula is C37H39F2N9O2S. The van der Waals surface area contributed by atoms with E-state index in [2.05, 4.69) is 29.7 Å². The third-order valence-electron chi connectivity index (χ3n) is 11.2. The molecule has 1 atom stereocenters. The number of thiazole rings is 1. The first-order chi connectivity index (χ1) is 24.6. The zero-order chi connectivity index (χ0) is 34.9. The van der Waals surface area contributed by atoms with Gasteiger partial charge in [-0.3, -0.25) is 19.6 Å². The quantitative estimate of drug-likeness (QED) is 0.238. The first-order valence-electron chi connectivity index (χ1n) is 17.6. The van der Waals surface area contributed by atoms with E-state index in [4.69, 9.17) is 5.10 Å². The van der Waals surface area contributed by atoms with E-state index in [0.29, 0.717) is 66.3 Å². The SMILES string of the molecule is CN1CCC(F)(CC(=O)N2CC3(C2)CN(c2ccc(-c4cc(F)c5cn(C(C(=O)Nc6nccs6)c6ncn7c6CCC7)nc5c4)cc2)C3)CC1. The topological polar surface area (TPSA) is 104 Å². The smallest absolute Gasteiger partial charge is 0.257 e. The lowest BCUT2D eigenvalue weighted by molar-refractivity contribution is -0.149. The molecule has 0 bridgehead atoms. The maximum atomic E-state index is 15.7. The summed E-state index contributed by atoms with van der Waals surface area (Å²) in [5.41, 5.74) is 3.34. The summed E-state index contributed by atoms with van der Waals surface area (Å²) < 4.78 is 34.5. The number of carbonyl (C=O) groups is 2. The lowest BCUT2D eigenvalue weighted by Gasteiger charge is -2.61. The van der Waals surface area contributed by atoms with Gasteiger partial charge >= 0.3 is 0 Å². The van der Waals surface area contributed by atoms with Crippen LogP contribution in [0.2, 0.25) is 0 Å². The van der Waals surface area contributed by atoms with Crippen LogP contribution in [-0.2, 0) is 22.6 Å². The Hall–Kier alpha value is -4.69. The Labute approximate surface area is 297 Å². The molecule has 0 saturated carbocycles. The number of hydrogen-bond donors (Lipinski definition) is 1. The highest BCUT2D eigenvalue weighted by Gasteiger charge is 2.54. The molecule has 1 unspecified atom stereocenters. The number of imidazole rings is 1. The average molecular weight is 712 g/mol. The van der Waals surface area contributed by atoms with Crippen LogP contribution in [0.1, 0.15) is 43.1 Å². The van der Waals surface area contributed by atoms with E-state index >= 15 is 8.78 Å². The summed E-state index contributed by atoms with van der Waals surface area (Å²) in [5, 5.41) is 10.2. The van der Waals surface area contributed by atoms with Gasteiger partial charge in [-0.2, -0.15) is 5.10 Å². The third-order valence-corrected chi connectivity index (χ3v) is 11.9. The molecule has 3 aromatic heterocycles. The maximum Gasteiger partial charge on any atom is 0.257 e. The van der Waals surface area contributed by atoms with Crippen LogP contribution in [0.4, 0.5) is 19.6 Å². The molecule has 1 spiro atoms. The number of piperidine rings is 1. The van der Waals surface area contributed by atoms with Crippen molar-refractivity contribution in [2.45, 2.75) is 50.4 Å². The molecule has 7 heterocycles. The van der Waals surface area contributed by atoms with Gasteiger partial charge in [0.25, 0.3) is 5.91 Å². The Bertz CT molecular complexity index is 2110. The van der Waals surface area contributed by atoms with Crippen molar-refractivity contribution < 1.29 is 18.4 Å². The zero-order valence-electron chi connectivity index (χ0n) is 28.4. The molecule has 4 aliphatic rings. The normalized spacial score (nSPS) is 19.9. The second-order valence-corrected chi connectivity index (χ2v) is 15.8. The predicted octanol–water partition coefficient (Wildman–Crippen LogP) is 5.14. The molecule has 51 heavy (non-hydrogen) atoms. The van der Waals surface area contributed by atoms with Gasteiger partial charge in [0.1, 0.15) is 11.5 Å². The standard InChI is InChI=1S/C37H39F2N9O2S/c1-44-12-8-37(39,9-13-44)17-31(49)47-21-36(22-47)19-46(20-36)26-6-4-24(5-7-26)25-15-28(38)27-18-48(43-29(27)16-25)33(34(50)42-35-40-10-14-51-35)32-30-3-2-11-45(30)23-41-32/h4-7,10,14-16,18,23,33H,2-3,8-9,11-13,17,19-22H2,1H3,(H,40,42,50). The number of halogens is 2. The number of nitrogens with zero attached hydrogens (tertiary/aromatic N) is 8. The van der Waals surface area contributed by atoms with Gasteiger partial charge in [-0.1, -0.05) is 12.1 Å². The van der Waals surface area contributed by atoms with E-state index in [-0.39, 0.29) is 23.7 Å². The Balaban J connectivity index is 0.883. The predicted molar refractivity (Wildman–Crippen MR) is 191 cm³/mol. The van der Waals surface area contributed by atoms with Crippen LogP contribution in [0.25, 0.3) is 22.0 Å². The number of likely N-dealkylation sites (tertiary alicyclic amines) is 2. The largest absolute Gasteiger partial charge is 0.370 e. The number of anilines is 2. The number of hydrogen-bond acceptors (Lipinski definition) is 8. The number of aryl methyl sites for hydroxylation is 1. The molecule has 0 radical (unpaired) electrons. The highest BCUT2D eigenvalue weighted by atomic mass is 32.1. The van der Waals surface area contributed by atoms with E-state index in [0.717, 1.165) is 49.4 Å². The highest BCUT2D eigenvalue weighted by Crippen LogP contribution is 2.43. The lowest BCUT2D eigenvalue weighted by atomic mass is 9.72. The Kier molecular flexibility index (Phi) is 7.73. The molecule has 2 aromatic carbocycles. The fourth-order valence-corrected chi connectivity index (χ4v) is 8.82. The molecule has 3 fully saturated rings. The Morgan fingerprint density at radius 3 is 2.55 bits per heavy atom. The summed E-state index contributed by atoms with van der Waals surface area (Å²) in [6.07, 6.45) is 7.58. The molecule has 14 heteroatoms. The second-order valence-electron chi connectivity index (χ2n) is 14.9. The maximum absolute atomic E-state index is 15.7. The van der Waals surface area contributed by atoms with Gasteiger partial charge in [0.15, 0.2) is 11.2 Å². The van der Waals surface area contributed by atoms with E-state index in [1.165, 1.54) is 22.1 Å². The molecule has 2 amide bonds. The summed E-state index contributed by atoms with van der Waals surface area (Å²) in [6.45, 7) is 5.28. The van der Waals surface area contributed by atoms with Gasteiger partial charge in [0.2, 0.25) is 5.91 Å². The van der Waals surface area contributed by atoms with Crippen LogP contribution in [-0.4, -0.2) is 97.9 Å². The summed E-state index contributed by atoms with van der Waals surface area (Å²) in [7, 11) is 1.99. The minimum absolute atomic E-state index is 0.00967. The van der Waals surface area contributed by atoms with Gasteiger partial charge in [-0.15, -0.1) is 11.3 Å². The molecule has 9 rings (SSSR count). The summed E-state index contributed by atoms with van der Waals surface area (Å²) in [4.78, 5) is 41.6. The molecule has 0 aliphatic carbocycles. The minimum atomic E-state index is -1.38. The van der Waals surface area contributed by atoms with Gasteiger partial charge in [0, 0.05) is 80.4 Å². The van der Waals surface area contributed by atoms with Crippen molar-refractivity contribution in [1.82, 2.24) is 34.1 Å². The fraction of sp³-hybridized carbons (Fsp3) is 0.432. The minimum Gasteiger partial charge on any atom is -0.370 e. The van der Waals surface area contributed by atoms with Crippen molar-refractivity contribution >= 4 is 44.9 Å². The number of carbonyl (C=O) groups excluding carboxylic acids is 2. The van der Waals surface area contributed by atoms with Gasteiger partial charge in [0.05, 0.1) is 29.3 Å². The first-order valence-corrected chi connectivity index (χ1v) is 18.5. The highest BCUT2D eigenvalue weighted by molar-refractivity contribution is 7.13. The van der Waals surface area contributed by atoms with Crippen molar-refractivity contribution in [3.8, 4) is 11.1 Å². The molecular weight excluding hydrogens is 673 g/mol. The summed E-state index contributed by atoms with van der Waals surface area (Å²) in [5.74, 6) is -0.823. The van der Waals surface area contributed by atoms with Crippen molar-refractivity contribution in [1.29, 1.82) is 0 Å². The number of aromatic nitrogens is 5.